The molecule has 1 aliphatic rings. The summed E-state index contributed by atoms with van der Waals surface area (Å²) < 4.78 is 6.51. The van der Waals surface area contributed by atoms with Gasteiger partial charge >= 0.3 is 5.97 Å². The number of phenolic OH excluding ortho intramolecular Hbond substituents is 1. The van der Waals surface area contributed by atoms with Gasteiger partial charge in [0.1, 0.15) is 5.75 Å². The fourth-order valence-electron chi connectivity index (χ4n) is 5.09. The van der Waals surface area contributed by atoms with Crippen LogP contribution in [0, 0.1) is 0 Å². The van der Waals surface area contributed by atoms with Crippen LogP contribution < -0.4 is 4.90 Å². The molecule has 0 bridgehead atoms. The van der Waals surface area contributed by atoms with E-state index in [0.717, 1.165) is 46.6 Å². The standard InChI is InChI=1S/C30H29N3O3/c1-30(24-9-4-21(5-10-24)6-15-29(35)36-3)27-14-13-26(34)20-23(27)16-19-33(30)25-11-7-22(8-12-25)28-17-18-32(2)31-28/h4-15,17-18,20,34H,16,19H2,1-3H3/b15-6+. The molecule has 6 heteroatoms. The molecular formula is C30H29N3O3. The van der Waals surface area contributed by atoms with Gasteiger partial charge in [-0.1, -0.05) is 42.5 Å². The lowest BCUT2D eigenvalue weighted by atomic mass is 9.76. The zero-order valence-electron chi connectivity index (χ0n) is 20.7. The third kappa shape index (κ3) is 4.26. The molecule has 3 aromatic carbocycles. The van der Waals surface area contributed by atoms with E-state index in [4.69, 9.17) is 4.74 Å². The summed E-state index contributed by atoms with van der Waals surface area (Å²) in [6.45, 7) is 3.04. The highest BCUT2D eigenvalue weighted by Gasteiger charge is 2.40. The van der Waals surface area contributed by atoms with Gasteiger partial charge in [-0.15, -0.1) is 0 Å². The van der Waals surface area contributed by atoms with Crippen molar-refractivity contribution in [3.05, 3.63) is 107 Å². The Hall–Kier alpha value is -4.32. The van der Waals surface area contributed by atoms with E-state index in [1.807, 2.05) is 43.6 Å². The van der Waals surface area contributed by atoms with Crippen LogP contribution in [0.25, 0.3) is 17.3 Å². The smallest absolute Gasteiger partial charge is 0.330 e. The average molecular weight is 480 g/mol. The molecule has 0 saturated carbocycles. The molecule has 36 heavy (non-hydrogen) atoms. The van der Waals surface area contributed by atoms with E-state index >= 15 is 0 Å². The van der Waals surface area contributed by atoms with Gasteiger partial charge < -0.3 is 14.7 Å². The number of aryl methyl sites for hydroxylation is 1. The highest BCUT2D eigenvalue weighted by atomic mass is 16.5. The van der Waals surface area contributed by atoms with Crippen molar-refractivity contribution in [2.45, 2.75) is 18.9 Å². The Morgan fingerprint density at radius 2 is 1.81 bits per heavy atom. The lowest BCUT2D eigenvalue weighted by Crippen LogP contribution is -2.49. The third-order valence-corrected chi connectivity index (χ3v) is 7.03. The Labute approximate surface area is 211 Å². The average Bonchev–Trinajstić information content (AvgIpc) is 3.34. The minimum absolute atomic E-state index is 0.285. The van der Waals surface area contributed by atoms with Gasteiger partial charge in [0.2, 0.25) is 0 Å². The molecule has 0 spiro atoms. The van der Waals surface area contributed by atoms with Gasteiger partial charge in [-0.3, -0.25) is 4.68 Å². The summed E-state index contributed by atoms with van der Waals surface area (Å²) in [5.74, 6) is -0.0973. The molecule has 0 amide bonds. The number of anilines is 1. The van der Waals surface area contributed by atoms with Crippen LogP contribution in [0.4, 0.5) is 5.69 Å². The van der Waals surface area contributed by atoms with Gasteiger partial charge in [0.15, 0.2) is 0 Å². The molecule has 1 N–H and O–H groups in total. The molecule has 0 fully saturated rings. The molecular weight excluding hydrogens is 450 g/mol. The van der Waals surface area contributed by atoms with Crippen molar-refractivity contribution in [2.75, 3.05) is 18.6 Å². The maximum atomic E-state index is 11.5. The first-order chi connectivity index (χ1) is 17.4. The van der Waals surface area contributed by atoms with Crippen molar-refractivity contribution in [2.24, 2.45) is 7.05 Å². The van der Waals surface area contributed by atoms with E-state index < -0.39 is 5.54 Å². The summed E-state index contributed by atoms with van der Waals surface area (Å²) in [6, 6.07) is 24.5. The van der Waals surface area contributed by atoms with Crippen LogP contribution in [0.3, 0.4) is 0 Å². The molecule has 1 atom stereocenters. The van der Waals surface area contributed by atoms with Gasteiger partial charge in [0.05, 0.1) is 18.3 Å². The molecule has 2 heterocycles. The minimum atomic E-state index is -0.460. The number of methoxy groups -OCH3 is 1. The maximum absolute atomic E-state index is 11.5. The summed E-state index contributed by atoms with van der Waals surface area (Å²) in [5, 5.41) is 14.7. The first-order valence-corrected chi connectivity index (χ1v) is 11.9. The van der Waals surface area contributed by atoms with Gasteiger partial charge in [0.25, 0.3) is 0 Å². The Morgan fingerprint density at radius 3 is 2.47 bits per heavy atom. The predicted octanol–water partition coefficient (Wildman–Crippen LogP) is 5.31. The van der Waals surface area contributed by atoms with E-state index in [9.17, 15) is 9.90 Å². The van der Waals surface area contributed by atoms with Crippen LogP contribution in [-0.4, -0.2) is 34.5 Å². The fourth-order valence-corrected chi connectivity index (χ4v) is 5.09. The van der Waals surface area contributed by atoms with Crippen molar-refractivity contribution in [1.29, 1.82) is 0 Å². The molecule has 182 valence electrons. The van der Waals surface area contributed by atoms with Gasteiger partial charge in [-0.25, -0.2) is 4.79 Å². The van der Waals surface area contributed by atoms with Crippen molar-refractivity contribution in [3.63, 3.8) is 0 Å². The van der Waals surface area contributed by atoms with Gasteiger partial charge in [-0.05, 0) is 72.0 Å². The molecule has 5 rings (SSSR count). The lowest BCUT2D eigenvalue weighted by Gasteiger charge is -2.48. The quantitative estimate of drug-likeness (QED) is 0.311. The lowest BCUT2D eigenvalue weighted by molar-refractivity contribution is -0.134. The number of carbonyl (C=O) groups is 1. The highest BCUT2D eigenvalue weighted by molar-refractivity contribution is 5.86. The van der Waals surface area contributed by atoms with Crippen LogP contribution in [0.1, 0.15) is 29.2 Å². The number of benzene rings is 3. The molecule has 1 unspecified atom stereocenters. The van der Waals surface area contributed by atoms with Gasteiger partial charge in [-0.2, -0.15) is 5.10 Å². The number of carbonyl (C=O) groups excluding carboxylic acids is 1. The zero-order valence-corrected chi connectivity index (χ0v) is 20.7. The second-order valence-electron chi connectivity index (χ2n) is 9.22. The highest BCUT2D eigenvalue weighted by Crippen LogP contribution is 2.44. The number of phenols is 1. The zero-order chi connectivity index (χ0) is 25.3. The topological polar surface area (TPSA) is 67.6 Å². The van der Waals surface area contributed by atoms with Crippen molar-refractivity contribution < 1.29 is 14.6 Å². The van der Waals surface area contributed by atoms with Crippen LogP contribution in [-0.2, 0) is 28.5 Å². The molecule has 0 saturated heterocycles. The van der Waals surface area contributed by atoms with Crippen molar-refractivity contribution >= 4 is 17.7 Å². The maximum Gasteiger partial charge on any atom is 0.330 e. The van der Waals surface area contributed by atoms with Crippen LogP contribution >= 0.6 is 0 Å². The first kappa shape index (κ1) is 23.4. The van der Waals surface area contributed by atoms with E-state index in [-0.39, 0.29) is 11.7 Å². The fraction of sp³-hybridized carbons (Fsp3) is 0.200. The number of ether oxygens (including phenoxy) is 1. The SMILES string of the molecule is COC(=O)/C=C/c1ccc(C2(C)c3ccc(O)cc3CCN2c2ccc(-c3ccn(C)n3)cc2)cc1. The monoisotopic (exact) mass is 479 g/mol. The summed E-state index contributed by atoms with van der Waals surface area (Å²) in [5.41, 5.74) is 7.03. The molecule has 1 aromatic heterocycles. The second kappa shape index (κ2) is 9.38. The number of esters is 1. The second-order valence-corrected chi connectivity index (χ2v) is 9.22. The number of nitrogens with zero attached hydrogens (tertiary/aromatic N) is 3. The Kier molecular flexibility index (Phi) is 6.10. The van der Waals surface area contributed by atoms with Gasteiger partial charge in [0, 0.05) is 37.1 Å². The predicted molar refractivity (Wildman–Crippen MR) is 142 cm³/mol. The van der Waals surface area contributed by atoms with E-state index in [2.05, 4.69) is 53.3 Å². The first-order valence-electron chi connectivity index (χ1n) is 11.9. The molecule has 4 aromatic rings. The third-order valence-electron chi connectivity index (χ3n) is 7.03. The number of rotatable bonds is 5. The normalized spacial score (nSPS) is 17.2. The minimum Gasteiger partial charge on any atom is -0.508 e. The Bertz CT molecular complexity index is 1420. The van der Waals surface area contributed by atoms with E-state index in [0.29, 0.717) is 0 Å². The number of fused-ring (bicyclic) bond motifs is 1. The summed E-state index contributed by atoms with van der Waals surface area (Å²) in [7, 11) is 3.29. The number of aromatic nitrogens is 2. The summed E-state index contributed by atoms with van der Waals surface area (Å²) >= 11 is 0. The van der Waals surface area contributed by atoms with Crippen molar-refractivity contribution in [1.82, 2.24) is 9.78 Å². The summed E-state index contributed by atoms with van der Waals surface area (Å²) in [6.07, 6.45) is 5.95. The molecule has 6 nitrogen and oxygen atoms in total. The van der Waals surface area contributed by atoms with E-state index in [1.54, 1.807) is 16.8 Å². The number of hydrogen-bond acceptors (Lipinski definition) is 5. The largest absolute Gasteiger partial charge is 0.508 e. The molecule has 0 radical (unpaired) electrons. The van der Waals surface area contributed by atoms with Crippen molar-refractivity contribution in [3.8, 4) is 17.0 Å². The number of hydrogen-bond donors (Lipinski definition) is 1. The van der Waals surface area contributed by atoms with Crippen LogP contribution in [0.15, 0.2) is 85.1 Å². The summed E-state index contributed by atoms with van der Waals surface area (Å²) in [4.78, 5) is 13.9. The van der Waals surface area contributed by atoms with Crippen LogP contribution in [0.5, 0.6) is 5.75 Å². The number of aromatic hydroxyl groups is 1. The van der Waals surface area contributed by atoms with Crippen LogP contribution in [0.2, 0.25) is 0 Å². The Morgan fingerprint density at radius 1 is 1.06 bits per heavy atom. The Balaban J connectivity index is 1.55. The van der Waals surface area contributed by atoms with E-state index in [1.165, 1.54) is 18.7 Å². The molecule has 1 aliphatic heterocycles. The molecule has 0 aliphatic carbocycles.